The molecule has 0 fully saturated rings. The van der Waals surface area contributed by atoms with E-state index in [-0.39, 0.29) is 0 Å². The summed E-state index contributed by atoms with van der Waals surface area (Å²) in [6.07, 6.45) is 0. The van der Waals surface area contributed by atoms with Crippen molar-refractivity contribution in [2.75, 3.05) is 11.9 Å². The van der Waals surface area contributed by atoms with Gasteiger partial charge in [0.2, 0.25) is 0 Å². The Morgan fingerprint density at radius 3 is 2.83 bits per heavy atom. The molecule has 0 atom stereocenters. The predicted molar refractivity (Wildman–Crippen MR) is 83.5 cm³/mol. The molecule has 1 heterocycles. The normalized spacial score (nSPS) is 10.7. The standard InChI is InChI=1S/C13H14BrClN2S/c1-17(7-10-5-9(14)8-18-10)13-4-2-3-12(15)11(13)6-16/h2-5,8H,6-7,16H2,1H3. The van der Waals surface area contributed by atoms with Crippen molar-refractivity contribution in [3.63, 3.8) is 0 Å². The zero-order valence-electron chi connectivity index (χ0n) is 9.99. The van der Waals surface area contributed by atoms with Crippen LogP contribution in [0.5, 0.6) is 0 Å². The molecule has 0 saturated heterocycles. The minimum absolute atomic E-state index is 0.452. The average Bonchev–Trinajstić information content (AvgIpc) is 2.74. The van der Waals surface area contributed by atoms with Gasteiger partial charge < -0.3 is 10.6 Å². The molecular formula is C13H14BrClN2S. The maximum atomic E-state index is 6.17. The third kappa shape index (κ3) is 3.06. The van der Waals surface area contributed by atoms with Crippen molar-refractivity contribution >= 4 is 44.6 Å². The summed E-state index contributed by atoms with van der Waals surface area (Å²) < 4.78 is 1.13. The fourth-order valence-corrected chi connectivity index (χ4v) is 3.61. The summed E-state index contributed by atoms with van der Waals surface area (Å²) in [5, 5.41) is 2.82. The number of anilines is 1. The summed E-state index contributed by atoms with van der Waals surface area (Å²) in [5.41, 5.74) is 7.86. The summed E-state index contributed by atoms with van der Waals surface area (Å²) >= 11 is 11.4. The van der Waals surface area contributed by atoms with Gasteiger partial charge in [0.15, 0.2) is 0 Å². The Bertz CT molecular complexity index is 542. The van der Waals surface area contributed by atoms with Crippen LogP contribution in [-0.4, -0.2) is 7.05 Å². The van der Waals surface area contributed by atoms with Crippen molar-refractivity contribution < 1.29 is 0 Å². The van der Waals surface area contributed by atoms with Gasteiger partial charge in [0.05, 0.1) is 6.54 Å². The van der Waals surface area contributed by atoms with Gasteiger partial charge in [0, 0.05) is 44.6 Å². The molecule has 1 aromatic heterocycles. The lowest BCUT2D eigenvalue weighted by atomic mass is 10.1. The highest BCUT2D eigenvalue weighted by Crippen LogP contribution is 2.29. The third-order valence-electron chi connectivity index (χ3n) is 2.72. The lowest BCUT2D eigenvalue weighted by molar-refractivity contribution is 0.918. The minimum atomic E-state index is 0.452. The molecule has 2 aromatic rings. The minimum Gasteiger partial charge on any atom is -0.369 e. The van der Waals surface area contributed by atoms with Gasteiger partial charge in [-0.15, -0.1) is 11.3 Å². The van der Waals surface area contributed by atoms with Crippen LogP contribution in [0, 0.1) is 0 Å². The fourth-order valence-electron chi connectivity index (χ4n) is 1.86. The topological polar surface area (TPSA) is 29.3 Å². The van der Waals surface area contributed by atoms with E-state index in [2.05, 4.69) is 45.4 Å². The maximum absolute atomic E-state index is 6.17. The fraction of sp³-hybridized carbons (Fsp3) is 0.231. The van der Waals surface area contributed by atoms with Crippen molar-refractivity contribution in [3.05, 3.63) is 49.6 Å². The first-order valence-corrected chi connectivity index (χ1v) is 7.58. The van der Waals surface area contributed by atoms with Crippen LogP contribution in [0.4, 0.5) is 5.69 Å². The number of hydrogen-bond acceptors (Lipinski definition) is 3. The number of nitrogens with zero attached hydrogens (tertiary/aromatic N) is 1. The van der Waals surface area contributed by atoms with E-state index in [0.29, 0.717) is 6.54 Å². The molecule has 0 aliphatic heterocycles. The van der Waals surface area contributed by atoms with E-state index in [9.17, 15) is 0 Å². The Hall–Kier alpha value is -0.550. The second kappa shape index (κ2) is 6.06. The number of benzene rings is 1. The highest BCUT2D eigenvalue weighted by atomic mass is 79.9. The van der Waals surface area contributed by atoms with Crippen LogP contribution in [0.15, 0.2) is 34.1 Å². The summed E-state index contributed by atoms with van der Waals surface area (Å²) in [5.74, 6) is 0. The molecule has 0 radical (unpaired) electrons. The largest absolute Gasteiger partial charge is 0.369 e. The van der Waals surface area contributed by atoms with Crippen LogP contribution < -0.4 is 10.6 Å². The lowest BCUT2D eigenvalue weighted by Crippen LogP contribution is -2.18. The zero-order chi connectivity index (χ0) is 13.1. The lowest BCUT2D eigenvalue weighted by Gasteiger charge is -2.22. The Morgan fingerprint density at radius 1 is 1.44 bits per heavy atom. The van der Waals surface area contributed by atoms with Crippen LogP contribution in [0.3, 0.4) is 0 Å². The number of nitrogens with two attached hydrogens (primary N) is 1. The van der Waals surface area contributed by atoms with Gasteiger partial charge in [-0.1, -0.05) is 17.7 Å². The van der Waals surface area contributed by atoms with E-state index in [1.54, 1.807) is 11.3 Å². The number of thiophene rings is 1. The molecule has 2 rings (SSSR count). The van der Waals surface area contributed by atoms with Crippen LogP contribution in [0.1, 0.15) is 10.4 Å². The quantitative estimate of drug-likeness (QED) is 0.897. The molecule has 0 unspecified atom stereocenters. The summed E-state index contributed by atoms with van der Waals surface area (Å²) in [7, 11) is 2.05. The number of hydrogen-bond donors (Lipinski definition) is 1. The maximum Gasteiger partial charge on any atom is 0.0520 e. The van der Waals surface area contributed by atoms with Crippen molar-refractivity contribution in [3.8, 4) is 0 Å². The summed E-state index contributed by atoms with van der Waals surface area (Å²) in [6, 6.07) is 8.02. The Balaban J connectivity index is 2.23. The van der Waals surface area contributed by atoms with Crippen LogP contribution in [0.25, 0.3) is 0 Å². The van der Waals surface area contributed by atoms with Gasteiger partial charge in [-0.3, -0.25) is 0 Å². The van der Waals surface area contributed by atoms with Gasteiger partial charge in [0.1, 0.15) is 0 Å². The second-order valence-electron chi connectivity index (χ2n) is 4.03. The van der Waals surface area contributed by atoms with E-state index in [1.807, 2.05) is 12.1 Å². The van der Waals surface area contributed by atoms with E-state index in [4.69, 9.17) is 17.3 Å². The van der Waals surface area contributed by atoms with Crippen LogP contribution in [0.2, 0.25) is 5.02 Å². The molecule has 0 aliphatic rings. The first-order chi connectivity index (χ1) is 8.61. The van der Waals surface area contributed by atoms with Gasteiger partial charge in [-0.2, -0.15) is 0 Å². The SMILES string of the molecule is CN(Cc1cc(Br)cs1)c1cccc(Cl)c1CN. The molecule has 96 valence electrons. The first-order valence-electron chi connectivity index (χ1n) is 5.53. The summed E-state index contributed by atoms with van der Waals surface area (Å²) in [4.78, 5) is 3.47. The van der Waals surface area contributed by atoms with Gasteiger partial charge in [-0.25, -0.2) is 0 Å². The Kier molecular flexibility index (Phi) is 4.67. The van der Waals surface area contributed by atoms with Crippen LogP contribution in [-0.2, 0) is 13.1 Å². The number of rotatable bonds is 4. The highest BCUT2D eigenvalue weighted by Gasteiger charge is 2.10. The Labute approximate surface area is 124 Å². The first kappa shape index (κ1) is 13.9. The monoisotopic (exact) mass is 344 g/mol. The molecule has 0 bridgehead atoms. The van der Waals surface area contributed by atoms with Crippen molar-refractivity contribution in [1.29, 1.82) is 0 Å². The predicted octanol–water partition coefficient (Wildman–Crippen LogP) is 4.26. The van der Waals surface area contributed by atoms with Crippen LogP contribution >= 0.6 is 38.9 Å². The molecular weight excluding hydrogens is 332 g/mol. The number of halogens is 2. The van der Waals surface area contributed by atoms with E-state index >= 15 is 0 Å². The van der Waals surface area contributed by atoms with Crippen molar-refractivity contribution in [1.82, 2.24) is 0 Å². The van der Waals surface area contributed by atoms with E-state index in [1.165, 1.54) is 4.88 Å². The Morgan fingerprint density at radius 2 is 2.22 bits per heavy atom. The summed E-state index contributed by atoms with van der Waals surface area (Å²) in [6.45, 7) is 1.30. The van der Waals surface area contributed by atoms with Gasteiger partial charge >= 0.3 is 0 Å². The zero-order valence-corrected chi connectivity index (χ0v) is 13.1. The van der Waals surface area contributed by atoms with Crippen molar-refractivity contribution in [2.45, 2.75) is 13.1 Å². The van der Waals surface area contributed by atoms with E-state index in [0.717, 1.165) is 27.3 Å². The molecule has 2 nitrogen and oxygen atoms in total. The molecule has 0 amide bonds. The van der Waals surface area contributed by atoms with Gasteiger partial charge in [-0.05, 0) is 34.1 Å². The highest BCUT2D eigenvalue weighted by molar-refractivity contribution is 9.10. The molecule has 0 spiro atoms. The second-order valence-corrected chi connectivity index (χ2v) is 6.35. The molecule has 1 aromatic carbocycles. The molecule has 0 saturated carbocycles. The smallest absolute Gasteiger partial charge is 0.0520 e. The third-order valence-corrected chi connectivity index (χ3v) is 4.76. The van der Waals surface area contributed by atoms with E-state index < -0.39 is 0 Å². The molecule has 2 N–H and O–H groups in total. The average molecular weight is 346 g/mol. The van der Waals surface area contributed by atoms with Gasteiger partial charge in [0.25, 0.3) is 0 Å². The molecule has 5 heteroatoms. The van der Waals surface area contributed by atoms with Crippen molar-refractivity contribution in [2.24, 2.45) is 5.73 Å². The molecule has 18 heavy (non-hydrogen) atoms. The molecule has 0 aliphatic carbocycles.